The molecule has 0 radical (unpaired) electrons. The number of rotatable bonds is 2. The fourth-order valence-electron chi connectivity index (χ4n) is 2.27. The quantitative estimate of drug-likeness (QED) is 0.686. The summed E-state index contributed by atoms with van der Waals surface area (Å²) < 4.78 is 45.1. The van der Waals surface area contributed by atoms with E-state index in [-0.39, 0.29) is 31.4 Å². The maximum Gasteiger partial charge on any atom is 0.266 e. The lowest BCUT2D eigenvalue weighted by Crippen LogP contribution is -2.24. The summed E-state index contributed by atoms with van der Waals surface area (Å²) in [4.78, 5) is 0.194. The van der Waals surface area contributed by atoms with E-state index in [4.69, 9.17) is 22.2 Å². The summed E-state index contributed by atoms with van der Waals surface area (Å²) in [7, 11) is -2.39. The molecule has 1 aliphatic rings. The Morgan fingerprint density at radius 1 is 1.33 bits per heavy atom. The number of hydrogen-bond acceptors (Lipinski definition) is 5. The normalized spacial score (nSPS) is 15.1. The molecule has 1 heterocycles. The molecule has 3 rings (SSSR count). The fraction of sp³-hybridized carbons (Fsp3) is 0.0667. The molecule has 0 spiro atoms. The molecule has 5 nitrogen and oxygen atoms in total. The number of ether oxygens (including phenoxy) is 1. The van der Waals surface area contributed by atoms with Crippen molar-refractivity contribution in [3.05, 3.63) is 51.7 Å². The first-order valence-electron chi connectivity index (χ1n) is 6.50. The van der Waals surface area contributed by atoms with Gasteiger partial charge in [-0.1, -0.05) is 12.2 Å². The molecule has 0 saturated heterocycles. The van der Waals surface area contributed by atoms with Crippen molar-refractivity contribution in [3.8, 4) is 17.6 Å². The molecule has 2 aromatic rings. The van der Waals surface area contributed by atoms with E-state index in [1.807, 2.05) is 6.07 Å². The molecule has 0 bridgehead atoms. The molecule has 24 heavy (non-hydrogen) atoms. The van der Waals surface area contributed by atoms with Crippen molar-refractivity contribution in [2.24, 2.45) is 0 Å². The smallest absolute Gasteiger partial charge is 0.266 e. The third kappa shape index (κ3) is 2.56. The van der Waals surface area contributed by atoms with Gasteiger partial charge < -0.3 is 4.74 Å². The van der Waals surface area contributed by atoms with E-state index in [0.29, 0.717) is 5.56 Å². The van der Waals surface area contributed by atoms with Gasteiger partial charge in [-0.15, -0.1) is 0 Å². The van der Waals surface area contributed by atoms with Gasteiger partial charge in [0.2, 0.25) is 0 Å². The third-order valence-corrected chi connectivity index (χ3v) is 6.93. The molecule has 0 fully saturated rings. The van der Waals surface area contributed by atoms with E-state index in [1.54, 1.807) is 0 Å². The van der Waals surface area contributed by atoms with Crippen LogP contribution in [0.25, 0.3) is 0 Å². The van der Waals surface area contributed by atoms with Crippen LogP contribution in [0.2, 0.25) is 0 Å². The van der Waals surface area contributed by atoms with Gasteiger partial charge in [-0.3, -0.25) is 4.31 Å². The first-order chi connectivity index (χ1) is 11.3. The van der Waals surface area contributed by atoms with Crippen molar-refractivity contribution < 1.29 is 17.5 Å². The Bertz CT molecular complexity index is 1030. The molecule has 122 valence electrons. The lowest BCUT2D eigenvalue weighted by molar-refractivity contribution is 0.471. The van der Waals surface area contributed by atoms with Crippen LogP contribution in [0, 0.1) is 17.1 Å². The lowest BCUT2D eigenvalue weighted by atomic mass is 10.2. The molecule has 0 atom stereocenters. The molecular formula is C15H8BrFN2O3S2. The Kier molecular flexibility index (Phi) is 4.07. The van der Waals surface area contributed by atoms with Crippen molar-refractivity contribution in [2.45, 2.75) is 4.90 Å². The molecule has 0 aliphatic carbocycles. The van der Waals surface area contributed by atoms with Gasteiger partial charge in [0.15, 0.2) is 0 Å². The maximum absolute atomic E-state index is 13.5. The van der Waals surface area contributed by atoms with Gasteiger partial charge in [0, 0.05) is 18.7 Å². The Morgan fingerprint density at radius 3 is 2.71 bits per heavy atom. The van der Waals surface area contributed by atoms with Crippen LogP contribution in [0.4, 0.5) is 4.39 Å². The summed E-state index contributed by atoms with van der Waals surface area (Å²) >= 11 is 8.35. The number of hydrogen-bond donors (Lipinski definition) is 0. The summed E-state index contributed by atoms with van der Waals surface area (Å²) in [5.74, 6) is -0.377. The largest absolute Gasteiger partial charge is 0.456 e. The fourth-order valence-corrected chi connectivity index (χ4v) is 5.20. The minimum absolute atomic E-state index is 0.00408. The van der Waals surface area contributed by atoms with Crippen molar-refractivity contribution in [1.82, 2.24) is 4.31 Å². The highest BCUT2D eigenvalue weighted by molar-refractivity contribution is 9.10. The average Bonchev–Trinajstić information content (AvgIpc) is 2.70. The number of nitrogens with zero attached hydrogens (tertiary/aromatic N) is 2. The Labute approximate surface area is 151 Å². The predicted octanol–water partition coefficient (Wildman–Crippen LogP) is 3.56. The zero-order chi connectivity index (χ0) is 17.6. The highest BCUT2D eigenvalue weighted by atomic mass is 79.9. The van der Waals surface area contributed by atoms with Crippen LogP contribution in [0.5, 0.6) is 11.5 Å². The highest BCUT2D eigenvalue weighted by Crippen LogP contribution is 2.42. The molecule has 0 N–H and O–H groups in total. The summed E-state index contributed by atoms with van der Waals surface area (Å²) in [6, 6.07) is 8.41. The topological polar surface area (TPSA) is 70.4 Å². The van der Waals surface area contributed by atoms with Crippen molar-refractivity contribution >= 4 is 43.2 Å². The van der Waals surface area contributed by atoms with Gasteiger partial charge in [0.05, 0.1) is 16.1 Å². The van der Waals surface area contributed by atoms with Crippen LogP contribution in [0.3, 0.4) is 0 Å². The predicted molar refractivity (Wildman–Crippen MR) is 92.0 cm³/mol. The van der Waals surface area contributed by atoms with E-state index in [2.05, 4.69) is 15.9 Å². The molecule has 0 unspecified atom stereocenters. The van der Waals surface area contributed by atoms with Crippen LogP contribution >= 0.6 is 28.1 Å². The van der Waals surface area contributed by atoms with Gasteiger partial charge in [0.1, 0.15) is 27.2 Å². The van der Waals surface area contributed by atoms with Crippen LogP contribution in [-0.4, -0.2) is 24.8 Å². The lowest BCUT2D eigenvalue weighted by Gasteiger charge is -2.11. The number of thiocarbonyl (C=S) groups is 1. The summed E-state index contributed by atoms with van der Waals surface area (Å²) in [6.45, 7) is 0. The van der Waals surface area contributed by atoms with Crippen molar-refractivity contribution in [3.63, 3.8) is 0 Å². The second kappa shape index (κ2) is 5.81. The highest BCUT2D eigenvalue weighted by Gasteiger charge is 2.38. The van der Waals surface area contributed by atoms with Gasteiger partial charge in [-0.2, -0.15) is 5.26 Å². The Balaban J connectivity index is 2.11. The van der Waals surface area contributed by atoms with Crippen molar-refractivity contribution in [1.29, 1.82) is 5.26 Å². The Hall–Kier alpha value is -2.02. The van der Waals surface area contributed by atoms with Crippen LogP contribution in [0.1, 0.15) is 11.1 Å². The summed E-state index contributed by atoms with van der Waals surface area (Å²) in [5, 5.41) is 8.88. The summed E-state index contributed by atoms with van der Waals surface area (Å²) in [6.07, 6.45) is 0. The number of fused-ring (bicyclic) bond motifs is 1. The molecule has 2 aromatic carbocycles. The van der Waals surface area contributed by atoms with E-state index in [0.717, 1.165) is 16.4 Å². The third-order valence-electron chi connectivity index (χ3n) is 3.42. The van der Waals surface area contributed by atoms with Crippen LogP contribution < -0.4 is 4.74 Å². The second-order valence-electron chi connectivity index (χ2n) is 4.92. The van der Waals surface area contributed by atoms with Gasteiger partial charge >= 0.3 is 0 Å². The molecule has 9 heteroatoms. The van der Waals surface area contributed by atoms with Crippen LogP contribution in [-0.2, 0) is 10.0 Å². The monoisotopic (exact) mass is 426 g/mol. The molecule has 0 amide bonds. The minimum Gasteiger partial charge on any atom is -0.456 e. The molecule has 1 aliphatic heterocycles. The number of nitriles is 1. The SMILES string of the molecule is CN1C(=S)c2ccc(Oc3cc(F)cc(C#N)c3)c(Br)c2S1(=O)=O. The van der Waals surface area contributed by atoms with Gasteiger partial charge in [-0.05, 0) is 40.2 Å². The van der Waals surface area contributed by atoms with Gasteiger partial charge in [-0.25, -0.2) is 12.8 Å². The van der Waals surface area contributed by atoms with E-state index in [9.17, 15) is 12.8 Å². The minimum atomic E-state index is -3.76. The van der Waals surface area contributed by atoms with E-state index >= 15 is 0 Å². The first kappa shape index (κ1) is 16.8. The average molecular weight is 427 g/mol. The molecule has 0 saturated carbocycles. The molecule has 0 aromatic heterocycles. The second-order valence-corrected chi connectivity index (χ2v) is 8.01. The van der Waals surface area contributed by atoms with Crippen molar-refractivity contribution in [2.75, 3.05) is 7.05 Å². The number of benzene rings is 2. The van der Waals surface area contributed by atoms with E-state index < -0.39 is 15.8 Å². The Morgan fingerprint density at radius 2 is 2.04 bits per heavy atom. The number of halogens is 2. The first-order valence-corrected chi connectivity index (χ1v) is 9.14. The maximum atomic E-state index is 13.5. The zero-order valence-electron chi connectivity index (χ0n) is 12.1. The van der Waals surface area contributed by atoms with Gasteiger partial charge in [0.25, 0.3) is 10.0 Å². The van der Waals surface area contributed by atoms with E-state index in [1.165, 1.54) is 25.2 Å². The number of sulfonamides is 1. The summed E-state index contributed by atoms with van der Waals surface area (Å²) in [5.41, 5.74) is 0.486. The zero-order valence-corrected chi connectivity index (χ0v) is 15.3. The standard InChI is InChI=1S/C15H8BrFN2O3S2/c1-19-15(23)11-2-3-12(13(16)14(11)24(19,20)21)22-10-5-8(7-18)4-9(17)6-10/h2-6H,1H3. The molecular weight excluding hydrogens is 419 g/mol. The van der Waals surface area contributed by atoms with Crippen LogP contribution in [0.15, 0.2) is 39.7 Å².